The van der Waals surface area contributed by atoms with E-state index in [-0.39, 0.29) is 18.4 Å². The van der Waals surface area contributed by atoms with Crippen molar-refractivity contribution in [3.8, 4) is 5.75 Å². The van der Waals surface area contributed by atoms with Crippen LogP contribution >= 0.6 is 0 Å². The van der Waals surface area contributed by atoms with Crippen molar-refractivity contribution >= 4 is 5.97 Å². The van der Waals surface area contributed by atoms with Crippen molar-refractivity contribution in [1.29, 1.82) is 0 Å². The van der Waals surface area contributed by atoms with Crippen LogP contribution in [0.25, 0.3) is 0 Å². The summed E-state index contributed by atoms with van der Waals surface area (Å²) in [4.78, 5) is 11.5. The summed E-state index contributed by atoms with van der Waals surface area (Å²) in [6.07, 6.45) is 0. The second-order valence-electron chi connectivity index (χ2n) is 3.82. The molecule has 0 saturated carbocycles. The number of rotatable bonds is 6. The van der Waals surface area contributed by atoms with Crippen molar-refractivity contribution in [3.63, 3.8) is 0 Å². The number of ether oxygens (including phenoxy) is 2. The van der Waals surface area contributed by atoms with Gasteiger partial charge in [0.2, 0.25) is 0 Å². The zero-order valence-corrected chi connectivity index (χ0v) is 10.8. The van der Waals surface area contributed by atoms with Gasteiger partial charge in [0.25, 0.3) is 0 Å². The fraction of sp³-hybridized carbons (Fsp3) is 0.462. The van der Waals surface area contributed by atoms with Crippen molar-refractivity contribution in [2.24, 2.45) is 0 Å². The Morgan fingerprint density at radius 1 is 1.50 bits per heavy atom. The first kappa shape index (κ1) is 14.4. The lowest BCUT2D eigenvalue weighted by molar-refractivity contribution is -0.146. The smallest absolute Gasteiger partial charge is 0.326 e. The molecule has 0 aliphatic carbocycles. The summed E-state index contributed by atoms with van der Waals surface area (Å²) < 4.78 is 23.5. The van der Waals surface area contributed by atoms with Crippen LogP contribution in [0.5, 0.6) is 5.75 Å². The molecule has 0 aromatic heterocycles. The first-order valence-corrected chi connectivity index (χ1v) is 5.81. The fourth-order valence-corrected chi connectivity index (χ4v) is 1.36. The molecule has 0 heterocycles. The van der Waals surface area contributed by atoms with Gasteiger partial charge in [0, 0.05) is 6.07 Å². The standard InChI is InChI=1S/C13H18FNO3/c1-4-17-13(16)12(15-3)8-18-10-6-5-9(2)11(14)7-10/h5-7,12,15H,4,8H2,1-3H3. The average Bonchev–Trinajstić information content (AvgIpc) is 2.34. The van der Waals surface area contributed by atoms with Gasteiger partial charge in [-0.25, -0.2) is 4.39 Å². The zero-order chi connectivity index (χ0) is 13.5. The van der Waals surface area contributed by atoms with E-state index in [1.54, 1.807) is 33.0 Å². The molecule has 0 aliphatic rings. The molecule has 0 spiro atoms. The lowest BCUT2D eigenvalue weighted by atomic mass is 10.2. The maximum Gasteiger partial charge on any atom is 0.326 e. The first-order chi connectivity index (χ1) is 8.58. The summed E-state index contributed by atoms with van der Waals surface area (Å²) in [6, 6.07) is 4.03. The number of halogens is 1. The zero-order valence-electron chi connectivity index (χ0n) is 10.8. The second kappa shape index (κ2) is 6.96. The van der Waals surface area contributed by atoms with Gasteiger partial charge in [0.15, 0.2) is 0 Å². The minimum atomic E-state index is -0.561. The summed E-state index contributed by atoms with van der Waals surface area (Å²) in [6.45, 7) is 3.82. The molecule has 1 rings (SSSR count). The van der Waals surface area contributed by atoms with Gasteiger partial charge in [0.05, 0.1) is 6.61 Å². The molecule has 4 nitrogen and oxygen atoms in total. The maximum absolute atomic E-state index is 13.3. The van der Waals surface area contributed by atoms with Gasteiger partial charge < -0.3 is 14.8 Å². The lowest BCUT2D eigenvalue weighted by Crippen LogP contribution is -2.40. The van der Waals surface area contributed by atoms with E-state index in [0.29, 0.717) is 17.9 Å². The molecular weight excluding hydrogens is 237 g/mol. The quantitative estimate of drug-likeness (QED) is 0.785. The van der Waals surface area contributed by atoms with E-state index in [1.807, 2.05) is 0 Å². The molecule has 5 heteroatoms. The molecule has 1 aromatic rings. The highest BCUT2D eigenvalue weighted by Crippen LogP contribution is 2.16. The Balaban J connectivity index is 2.56. The van der Waals surface area contributed by atoms with Crippen LogP contribution in [0.1, 0.15) is 12.5 Å². The Hall–Kier alpha value is -1.62. The number of esters is 1. The van der Waals surface area contributed by atoms with E-state index in [1.165, 1.54) is 6.07 Å². The van der Waals surface area contributed by atoms with Crippen LogP contribution in [0.3, 0.4) is 0 Å². The monoisotopic (exact) mass is 255 g/mol. The summed E-state index contributed by atoms with van der Waals surface area (Å²) >= 11 is 0. The minimum Gasteiger partial charge on any atom is -0.491 e. The maximum atomic E-state index is 13.3. The van der Waals surface area contributed by atoms with Crippen molar-refractivity contribution < 1.29 is 18.7 Å². The molecule has 1 aromatic carbocycles. The van der Waals surface area contributed by atoms with Crippen LogP contribution in [0.15, 0.2) is 18.2 Å². The second-order valence-corrected chi connectivity index (χ2v) is 3.82. The highest BCUT2D eigenvalue weighted by molar-refractivity contribution is 5.75. The average molecular weight is 255 g/mol. The summed E-state index contributed by atoms with van der Waals surface area (Å²) in [7, 11) is 1.64. The van der Waals surface area contributed by atoms with Gasteiger partial charge >= 0.3 is 5.97 Å². The topological polar surface area (TPSA) is 47.6 Å². The van der Waals surface area contributed by atoms with Gasteiger partial charge in [0.1, 0.15) is 24.2 Å². The number of hydrogen-bond donors (Lipinski definition) is 1. The van der Waals surface area contributed by atoms with Crippen molar-refractivity contribution in [3.05, 3.63) is 29.6 Å². The van der Waals surface area contributed by atoms with Crippen molar-refractivity contribution in [1.82, 2.24) is 5.32 Å². The van der Waals surface area contributed by atoms with Crippen LogP contribution in [-0.2, 0) is 9.53 Å². The Kier molecular flexibility index (Phi) is 5.58. The molecule has 100 valence electrons. The van der Waals surface area contributed by atoms with Crippen LogP contribution in [0.2, 0.25) is 0 Å². The fourth-order valence-electron chi connectivity index (χ4n) is 1.36. The molecule has 1 unspecified atom stereocenters. The number of aryl methyl sites for hydroxylation is 1. The molecule has 0 bridgehead atoms. The number of carbonyl (C=O) groups excluding carboxylic acids is 1. The minimum absolute atomic E-state index is 0.0951. The van der Waals surface area contributed by atoms with E-state index >= 15 is 0 Å². The third-order valence-corrected chi connectivity index (χ3v) is 2.48. The Morgan fingerprint density at radius 2 is 2.22 bits per heavy atom. The van der Waals surface area contributed by atoms with Gasteiger partial charge in [-0.1, -0.05) is 6.07 Å². The van der Waals surface area contributed by atoms with Gasteiger partial charge in [-0.05, 0) is 32.5 Å². The molecule has 1 N–H and O–H groups in total. The van der Waals surface area contributed by atoms with E-state index in [9.17, 15) is 9.18 Å². The Labute approximate surface area is 106 Å². The van der Waals surface area contributed by atoms with E-state index in [0.717, 1.165) is 0 Å². The molecule has 18 heavy (non-hydrogen) atoms. The molecule has 0 aliphatic heterocycles. The van der Waals surface area contributed by atoms with Crippen molar-refractivity contribution in [2.45, 2.75) is 19.9 Å². The first-order valence-electron chi connectivity index (χ1n) is 5.81. The van der Waals surface area contributed by atoms with Crippen LogP contribution < -0.4 is 10.1 Å². The van der Waals surface area contributed by atoms with E-state index in [4.69, 9.17) is 9.47 Å². The van der Waals surface area contributed by atoms with E-state index < -0.39 is 6.04 Å². The molecule has 0 fully saturated rings. The molecular formula is C13H18FNO3. The van der Waals surface area contributed by atoms with Crippen LogP contribution in [0.4, 0.5) is 4.39 Å². The predicted molar refractivity (Wildman–Crippen MR) is 66.1 cm³/mol. The molecule has 0 radical (unpaired) electrons. The molecule has 0 amide bonds. The highest BCUT2D eigenvalue weighted by Gasteiger charge is 2.18. The third kappa shape index (κ3) is 4.00. The number of carbonyl (C=O) groups is 1. The largest absolute Gasteiger partial charge is 0.491 e. The Bertz CT molecular complexity index is 409. The predicted octanol–water partition coefficient (Wildman–Crippen LogP) is 1.66. The normalized spacial score (nSPS) is 12.0. The van der Waals surface area contributed by atoms with Gasteiger partial charge in [-0.3, -0.25) is 4.79 Å². The van der Waals surface area contributed by atoms with Crippen LogP contribution in [-0.4, -0.2) is 32.3 Å². The lowest BCUT2D eigenvalue weighted by Gasteiger charge is -2.15. The highest BCUT2D eigenvalue weighted by atomic mass is 19.1. The molecule has 0 saturated heterocycles. The van der Waals surface area contributed by atoms with Gasteiger partial charge in [-0.2, -0.15) is 0 Å². The number of nitrogens with one attached hydrogen (secondary N) is 1. The number of hydrogen-bond acceptors (Lipinski definition) is 4. The third-order valence-electron chi connectivity index (χ3n) is 2.48. The summed E-state index contributed by atoms with van der Waals surface area (Å²) in [5, 5.41) is 2.79. The van der Waals surface area contributed by atoms with Crippen LogP contribution in [0, 0.1) is 12.7 Å². The SMILES string of the molecule is CCOC(=O)C(COc1ccc(C)c(F)c1)NC. The molecule has 1 atom stereocenters. The summed E-state index contributed by atoms with van der Waals surface area (Å²) in [5.41, 5.74) is 0.554. The van der Waals surface area contributed by atoms with Crippen molar-refractivity contribution in [2.75, 3.05) is 20.3 Å². The number of likely N-dealkylation sites (N-methyl/N-ethyl adjacent to an activating group) is 1. The number of benzene rings is 1. The Morgan fingerprint density at radius 3 is 2.78 bits per heavy atom. The summed E-state index contributed by atoms with van der Waals surface area (Å²) in [5.74, 6) is -0.320. The van der Waals surface area contributed by atoms with E-state index in [2.05, 4.69) is 5.32 Å². The van der Waals surface area contributed by atoms with Gasteiger partial charge in [-0.15, -0.1) is 0 Å².